The van der Waals surface area contributed by atoms with Gasteiger partial charge >= 0.3 is 0 Å². The number of hydrogen-bond acceptors (Lipinski definition) is 20. The number of hydrogen-bond donors (Lipinski definition) is 6. The van der Waals surface area contributed by atoms with Crippen LogP contribution in [-0.4, -0.2) is 204 Å². The first kappa shape index (κ1) is 62.8. The number of piperidine rings is 2. The zero-order valence-electron chi connectivity index (χ0n) is 54.7. The summed E-state index contributed by atoms with van der Waals surface area (Å²) in [5, 5.41) is 17.9. The maximum absolute atomic E-state index is 14.8. The van der Waals surface area contributed by atoms with E-state index in [1.165, 1.54) is 29.8 Å². The molecule has 0 bridgehead atoms. The van der Waals surface area contributed by atoms with Crippen LogP contribution in [0.3, 0.4) is 0 Å². The molecule has 22 heteroatoms. The second-order valence-electron chi connectivity index (χ2n) is 27.9. The van der Waals surface area contributed by atoms with Gasteiger partial charge in [-0.1, -0.05) is 19.1 Å². The normalized spacial score (nSPS) is 21.9. The van der Waals surface area contributed by atoms with Gasteiger partial charge in [0.15, 0.2) is 34.7 Å². The Morgan fingerprint density at radius 1 is 0.559 bits per heavy atom. The lowest BCUT2D eigenvalue weighted by Gasteiger charge is -2.46. The minimum Gasteiger partial charge on any atom is -0.380 e. The minimum absolute atomic E-state index is 0.0593. The fraction of sp³-hybridized carbons (Fsp3) is 0.549. The Labute approximate surface area is 547 Å². The maximum Gasteiger partial charge on any atom is 0.274 e. The van der Waals surface area contributed by atoms with Gasteiger partial charge in [0.1, 0.15) is 11.4 Å². The number of amides is 2. The summed E-state index contributed by atoms with van der Waals surface area (Å²) in [6.07, 6.45) is 17.2. The Balaban J connectivity index is 0.615. The molecule has 0 radical (unpaired) electrons. The highest BCUT2D eigenvalue weighted by atomic mass is 16.5. The summed E-state index contributed by atoms with van der Waals surface area (Å²) in [5.41, 5.74) is 15.8. The monoisotopic (exact) mass is 1260 g/mol. The van der Waals surface area contributed by atoms with Crippen molar-refractivity contribution in [1.82, 2.24) is 54.8 Å². The summed E-state index contributed by atoms with van der Waals surface area (Å²) in [5.74, 6) is 0.982. The molecule has 2 aliphatic carbocycles. The fourth-order valence-corrected chi connectivity index (χ4v) is 15.7. The van der Waals surface area contributed by atoms with Crippen LogP contribution in [0.25, 0.3) is 22.8 Å². The Kier molecular flexibility index (Phi) is 18.8. The van der Waals surface area contributed by atoms with Crippen molar-refractivity contribution in [3.8, 4) is 22.8 Å². The predicted octanol–water partition coefficient (Wildman–Crippen LogP) is 8.78. The van der Waals surface area contributed by atoms with Crippen LogP contribution >= 0.6 is 0 Å². The number of anilines is 8. The van der Waals surface area contributed by atoms with Gasteiger partial charge in [0.2, 0.25) is 0 Å². The molecular formula is C71H94N18O4. The Morgan fingerprint density at radius 3 is 1.52 bits per heavy atom. The standard InChI is InChI=1S/C71H94N18O4/c1-4-49-42-53(12-14-59(49)89-31-21-54(22-32-89)86-37-33-84(3)34-38-86)79-68-63(81-61(57-10-6-8-28-74-57)66(83-68)77-51-17-25-71(26-18-51)45-93-46-71)69(91)75-47-85-35-39-87(40-36-85)55-19-29-88(30-20-55)58-13-11-52(41-48(58)2)78-67-62(64(72)90)80-60(56-9-5-7-27-73-56)65(82-67)76-50-15-23-70(24-16-50)43-92-44-70/h5-14,27-28,41-42,50-51,54-55H,4,15-26,29-40,43-47H2,1-3H3,(H2,72,90)(H,75,91)(H2,76,78,82)(H2,77,79,83). The molecule has 2 amide bonds. The second kappa shape index (κ2) is 27.8. The third-order valence-corrected chi connectivity index (χ3v) is 21.7. The first-order valence-electron chi connectivity index (χ1n) is 34.5. The molecule has 2 aromatic carbocycles. The average Bonchev–Trinajstić information content (AvgIpc) is 0.951. The highest BCUT2D eigenvalue weighted by Crippen LogP contribution is 2.45. The van der Waals surface area contributed by atoms with Crippen LogP contribution in [0.4, 0.5) is 46.0 Å². The zero-order chi connectivity index (χ0) is 63.5. The lowest BCUT2D eigenvalue weighted by molar-refractivity contribution is -0.131. The largest absolute Gasteiger partial charge is 0.380 e. The van der Waals surface area contributed by atoms with E-state index in [2.05, 4.69) is 112 Å². The molecule has 2 saturated carbocycles. The number of rotatable bonds is 19. The predicted molar refractivity (Wildman–Crippen MR) is 366 cm³/mol. The number of primary amides is 1. The van der Waals surface area contributed by atoms with Crippen molar-refractivity contribution in [2.24, 2.45) is 16.6 Å². The van der Waals surface area contributed by atoms with Crippen LogP contribution in [0, 0.1) is 17.8 Å². The van der Waals surface area contributed by atoms with E-state index >= 15 is 0 Å². The lowest BCUT2D eigenvalue weighted by Crippen LogP contribution is -2.54. The van der Waals surface area contributed by atoms with Crippen molar-refractivity contribution in [3.05, 3.63) is 108 Å². The molecule has 8 fully saturated rings. The van der Waals surface area contributed by atoms with Gasteiger partial charge in [-0.2, -0.15) is 0 Å². The molecule has 6 aromatic rings. The summed E-state index contributed by atoms with van der Waals surface area (Å²) >= 11 is 0. The number of nitrogens with two attached hydrogens (primary N) is 1. The molecule has 0 unspecified atom stereocenters. The molecule has 10 heterocycles. The van der Waals surface area contributed by atoms with Crippen LogP contribution in [0.1, 0.15) is 116 Å². The highest BCUT2D eigenvalue weighted by Gasteiger charge is 2.43. The van der Waals surface area contributed by atoms with E-state index in [4.69, 9.17) is 40.1 Å². The molecule has 8 aliphatic rings. The van der Waals surface area contributed by atoms with Gasteiger partial charge in [0.25, 0.3) is 11.8 Å². The molecule has 22 nitrogen and oxygen atoms in total. The summed E-state index contributed by atoms with van der Waals surface area (Å²) in [4.78, 5) is 72.8. The lowest BCUT2D eigenvalue weighted by atomic mass is 9.71. The van der Waals surface area contributed by atoms with E-state index in [0.29, 0.717) is 75.6 Å². The van der Waals surface area contributed by atoms with Gasteiger partial charge in [-0.3, -0.25) is 34.3 Å². The summed E-state index contributed by atoms with van der Waals surface area (Å²) < 4.78 is 11.3. The number of carbonyl (C=O) groups is 2. The SMILES string of the molecule is CCc1cc(Nc2nc(NC3CCC4(CC3)COC4)c(-c3ccccn3)nc2C(=O)NCN2CCN(C3CCN(c4ccc(Nc5nc(NC6CCC7(CC6)COC7)c(-c6ccccn6)nc5C(N)=O)cc4C)CC3)CC2)ccc1N1CCC(N2CCN(C)CC2)CC1. The van der Waals surface area contributed by atoms with Gasteiger partial charge < -0.3 is 56.5 Å². The van der Waals surface area contributed by atoms with Gasteiger partial charge in [0.05, 0.1) is 44.5 Å². The van der Waals surface area contributed by atoms with Crippen molar-refractivity contribution >= 4 is 57.8 Å². The van der Waals surface area contributed by atoms with Gasteiger partial charge in [-0.15, -0.1) is 0 Å². The molecular weight excluding hydrogens is 1170 g/mol. The molecule has 7 N–H and O–H groups in total. The van der Waals surface area contributed by atoms with E-state index in [1.807, 2.05) is 42.5 Å². The molecule has 6 saturated heterocycles. The van der Waals surface area contributed by atoms with Crippen LogP contribution in [0.2, 0.25) is 0 Å². The molecule has 2 spiro atoms. The number of nitrogens with zero attached hydrogens (tertiary/aromatic N) is 12. The Morgan fingerprint density at radius 2 is 1.04 bits per heavy atom. The fourth-order valence-electron chi connectivity index (χ4n) is 15.7. The van der Waals surface area contributed by atoms with Crippen molar-refractivity contribution in [2.45, 2.75) is 121 Å². The van der Waals surface area contributed by atoms with E-state index in [9.17, 15) is 9.59 Å². The third kappa shape index (κ3) is 14.1. The van der Waals surface area contributed by atoms with Crippen molar-refractivity contribution in [1.29, 1.82) is 0 Å². The van der Waals surface area contributed by atoms with E-state index in [-0.39, 0.29) is 29.4 Å². The average molecular weight is 1260 g/mol. The first-order valence-corrected chi connectivity index (χ1v) is 34.5. The van der Waals surface area contributed by atoms with Crippen LogP contribution in [0.15, 0.2) is 85.2 Å². The smallest absolute Gasteiger partial charge is 0.274 e. The Hall–Kier alpha value is -7.60. The summed E-state index contributed by atoms with van der Waals surface area (Å²) in [7, 11) is 2.23. The van der Waals surface area contributed by atoms with Gasteiger partial charge in [0, 0.05) is 149 Å². The molecule has 0 atom stereocenters. The molecule has 14 rings (SSSR count). The van der Waals surface area contributed by atoms with Gasteiger partial charge in [-0.05, 0) is 169 Å². The Bertz CT molecular complexity index is 3560. The number of ether oxygens (including phenoxy) is 2. The number of nitrogens with one attached hydrogen (secondary N) is 5. The third-order valence-electron chi connectivity index (χ3n) is 21.7. The minimum atomic E-state index is -0.668. The molecule has 4 aromatic heterocycles. The highest BCUT2D eigenvalue weighted by molar-refractivity contribution is 5.99. The molecule has 6 aliphatic heterocycles. The van der Waals surface area contributed by atoms with Crippen LogP contribution in [0.5, 0.6) is 0 Å². The maximum atomic E-state index is 14.8. The number of piperazine rings is 2. The van der Waals surface area contributed by atoms with Crippen LogP contribution in [-0.2, 0) is 15.9 Å². The first-order chi connectivity index (χ1) is 45.4. The number of carbonyl (C=O) groups excluding carboxylic acids is 2. The summed E-state index contributed by atoms with van der Waals surface area (Å²) in [6.45, 7) is 20.2. The van der Waals surface area contributed by atoms with E-state index in [1.54, 1.807) is 12.4 Å². The van der Waals surface area contributed by atoms with E-state index < -0.39 is 5.91 Å². The van der Waals surface area contributed by atoms with Crippen molar-refractivity contribution in [3.63, 3.8) is 0 Å². The second-order valence-corrected chi connectivity index (χ2v) is 27.9. The summed E-state index contributed by atoms with van der Waals surface area (Å²) in [6, 6.07) is 25.9. The number of aromatic nitrogens is 6. The van der Waals surface area contributed by atoms with Crippen molar-refractivity contribution < 1.29 is 19.1 Å². The van der Waals surface area contributed by atoms with Crippen LogP contribution < -0.4 is 42.1 Å². The topological polar surface area (TPSA) is 236 Å². The number of likely N-dealkylation sites (N-methyl/N-ethyl adjacent to an activating group) is 1. The molecule has 492 valence electrons. The van der Waals surface area contributed by atoms with Gasteiger partial charge in [-0.25, -0.2) is 19.9 Å². The number of aryl methyl sites for hydroxylation is 2. The zero-order valence-corrected chi connectivity index (χ0v) is 54.7. The van der Waals surface area contributed by atoms with E-state index in [0.717, 1.165) is 193 Å². The quantitative estimate of drug-likeness (QED) is 0.0444. The molecule has 93 heavy (non-hydrogen) atoms. The van der Waals surface area contributed by atoms with Crippen molar-refractivity contribution in [2.75, 3.05) is 150 Å². The number of benzene rings is 2. The number of pyridine rings is 2.